The first kappa shape index (κ1) is 10.6. The maximum absolute atomic E-state index is 10.7. The molecule has 0 saturated carbocycles. The number of nitrogens with zero attached hydrogens (tertiary/aromatic N) is 1. The molecular formula is C7H8NO4. The lowest BCUT2D eigenvalue weighted by Gasteiger charge is -2.02. The van der Waals surface area contributed by atoms with E-state index in [2.05, 4.69) is 21.3 Å². The average Bonchev–Trinajstić information content (AvgIpc) is 2.00. The van der Waals surface area contributed by atoms with Crippen LogP contribution in [0.25, 0.3) is 0 Å². The van der Waals surface area contributed by atoms with E-state index in [4.69, 9.17) is 0 Å². The number of hydrogen-bond acceptors (Lipinski definition) is 5. The minimum absolute atomic E-state index is 0.0976. The quantitative estimate of drug-likeness (QED) is 0.206. The molecule has 0 fully saturated rings. The smallest absolute Gasteiger partial charge is 0.291 e. The van der Waals surface area contributed by atoms with Gasteiger partial charge in [0.15, 0.2) is 0 Å². The molecular weight excluding hydrogens is 162 g/mol. The van der Waals surface area contributed by atoms with Crippen molar-refractivity contribution in [3.05, 3.63) is 18.4 Å². The van der Waals surface area contributed by atoms with Crippen molar-refractivity contribution < 1.29 is 19.4 Å². The average molecular weight is 170 g/mol. The summed E-state index contributed by atoms with van der Waals surface area (Å²) in [6, 6.07) is 0. The van der Waals surface area contributed by atoms with Gasteiger partial charge in [-0.1, -0.05) is 6.58 Å². The van der Waals surface area contributed by atoms with Crippen molar-refractivity contribution in [2.24, 2.45) is 4.99 Å². The summed E-state index contributed by atoms with van der Waals surface area (Å²) < 4.78 is 0. The molecule has 0 rings (SSSR count). The molecule has 65 valence electrons. The molecule has 12 heavy (non-hydrogen) atoms. The highest BCUT2D eigenvalue weighted by atomic mass is 17.2. The lowest BCUT2D eigenvalue weighted by molar-refractivity contribution is -0.260. The maximum Gasteiger partial charge on any atom is 0.368 e. The van der Waals surface area contributed by atoms with Gasteiger partial charge >= 0.3 is 5.97 Å². The highest BCUT2D eigenvalue weighted by Crippen LogP contribution is 2.03. The van der Waals surface area contributed by atoms with Crippen molar-refractivity contribution in [1.29, 1.82) is 0 Å². The van der Waals surface area contributed by atoms with E-state index < -0.39 is 5.97 Å². The summed E-state index contributed by atoms with van der Waals surface area (Å²) in [7, 11) is 0. The molecule has 0 bridgehead atoms. The third-order valence-electron chi connectivity index (χ3n) is 0.790. The Kier molecular flexibility index (Phi) is 4.60. The largest absolute Gasteiger partial charge is 0.368 e. The molecule has 0 heterocycles. The van der Waals surface area contributed by atoms with Crippen molar-refractivity contribution in [3.8, 4) is 0 Å². The van der Waals surface area contributed by atoms with Crippen molar-refractivity contribution in [2.45, 2.75) is 13.8 Å². The first-order valence-electron chi connectivity index (χ1n) is 3.03. The molecule has 0 unspecified atom stereocenters. The fraction of sp³-hybridized carbons (Fsp3) is 0.286. The molecule has 0 N–H and O–H groups in total. The van der Waals surface area contributed by atoms with E-state index in [1.165, 1.54) is 19.9 Å². The van der Waals surface area contributed by atoms with Crippen LogP contribution in [-0.2, 0) is 19.4 Å². The van der Waals surface area contributed by atoms with Crippen molar-refractivity contribution >= 4 is 12.0 Å². The monoisotopic (exact) mass is 170 g/mol. The van der Waals surface area contributed by atoms with E-state index in [0.717, 1.165) is 0 Å². The van der Waals surface area contributed by atoms with Crippen molar-refractivity contribution in [3.63, 3.8) is 0 Å². The number of rotatable bonds is 4. The summed E-state index contributed by atoms with van der Waals surface area (Å²) in [6.45, 7) is 6.11. The Morgan fingerprint density at radius 2 is 2.00 bits per heavy atom. The van der Waals surface area contributed by atoms with Gasteiger partial charge in [0.25, 0.3) is 6.23 Å². The summed E-state index contributed by atoms with van der Waals surface area (Å²) in [5, 5.41) is 0. The highest BCUT2D eigenvalue weighted by molar-refractivity contribution is 5.86. The lowest BCUT2D eigenvalue weighted by atomic mass is 10.4. The topological polar surface area (TPSA) is 65.0 Å². The predicted octanol–water partition coefficient (Wildman–Crippen LogP) is 0.882. The Morgan fingerprint density at radius 1 is 1.42 bits per heavy atom. The molecule has 0 aliphatic heterocycles. The molecule has 1 radical (unpaired) electrons. The van der Waals surface area contributed by atoms with E-state index >= 15 is 0 Å². The van der Waals surface area contributed by atoms with Gasteiger partial charge in [0, 0.05) is 5.57 Å². The number of isocyanates is 1. The summed E-state index contributed by atoms with van der Waals surface area (Å²) >= 11 is 0. The predicted molar refractivity (Wildman–Crippen MR) is 39.0 cm³/mol. The molecule has 0 aromatic carbocycles. The second kappa shape index (κ2) is 5.23. The first-order valence-corrected chi connectivity index (χ1v) is 3.03. The van der Waals surface area contributed by atoms with E-state index in [-0.39, 0.29) is 11.8 Å². The molecule has 0 amide bonds. The van der Waals surface area contributed by atoms with Gasteiger partial charge in [0.1, 0.15) is 0 Å². The number of carbonyl (C=O) groups excluding carboxylic acids is 2. The Balaban J connectivity index is 3.75. The van der Waals surface area contributed by atoms with Crippen LogP contribution in [0.2, 0.25) is 0 Å². The van der Waals surface area contributed by atoms with Crippen LogP contribution in [0.4, 0.5) is 0 Å². The molecule has 0 saturated heterocycles. The van der Waals surface area contributed by atoms with E-state index in [1.54, 1.807) is 0 Å². The first-order chi connectivity index (χ1) is 5.57. The van der Waals surface area contributed by atoms with Crippen LogP contribution in [0, 0.1) is 6.23 Å². The summed E-state index contributed by atoms with van der Waals surface area (Å²) in [5.41, 5.74) is 0.192. The zero-order chi connectivity index (χ0) is 9.56. The Bertz CT molecular complexity index is 230. The lowest BCUT2D eigenvalue weighted by Crippen LogP contribution is -2.07. The second-order valence-electron chi connectivity index (χ2n) is 1.96. The number of aliphatic imine (C=N–C) groups is 1. The Labute approximate surface area is 69.6 Å². The third kappa shape index (κ3) is 4.38. The normalized spacial score (nSPS) is 8.92. The molecule has 5 heteroatoms. The van der Waals surface area contributed by atoms with Crippen LogP contribution in [0.15, 0.2) is 17.1 Å². The summed E-state index contributed by atoms with van der Waals surface area (Å²) in [5.74, 6) is -0.713. The fourth-order valence-corrected chi connectivity index (χ4v) is 0.252. The number of hydrogen-bond donors (Lipinski definition) is 0. The standard InChI is InChI=1S/C7H8NO4/c1-5(2)7(10)12-11-6(3)8-4-9/h1H2,2-3H3. The van der Waals surface area contributed by atoms with Gasteiger partial charge in [0.2, 0.25) is 6.08 Å². The maximum atomic E-state index is 10.7. The van der Waals surface area contributed by atoms with Gasteiger partial charge in [-0.3, -0.25) is 4.89 Å². The highest BCUT2D eigenvalue weighted by Gasteiger charge is 2.08. The van der Waals surface area contributed by atoms with Crippen LogP contribution >= 0.6 is 0 Å². The van der Waals surface area contributed by atoms with Gasteiger partial charge < -0.3 is 0 Å². The third-order valence-corrected chi connectivity index (χ3v) is 0.790. The molecule has 5 nitrogen and oxygen atoms in total. The molecule has 0 aromatic heterocycles. The zero-order valence-electron chi connectivity index (χ0n) is 6.79. The van der Waals surface area contributed by atoms with Gasteiger partial charge in [-0.05, 0) is 13.8 Å². The molecule has 0 atom stereocenters. The SMILES string of the molecule is C=C(C)C(=O)OO[C](C)N=C=O. The molecule has 0 aliphatic rings. The minimum atomic E-state index is -0.713. The van der Waals surface area contributed by atoms with Crippen LogP contribution in [0.3, 0.4) is 0 Å². The van der Waals surface area contributed by atoms with Gasteiger partial charge in [-0.2, -0.15) is 4.99 Å². The van der Waals surface area contributed by atoms with Crippen molar-refractivity contribution in [1.82, 2.24) is 0 Å². The van der Waals surface area contributed by atoms with E-state index in [1.807, 2.05) is 0 Å². The van der Waals surface area contributed by atoms with Crippen LogP contribution in [-0.4, -0.2) is 12.0 Å². The van der Waals surface area contributed by atoms with Crippen LogP contribution < -0.4 is 0 Å². The minimum Gasteiger partial charge on any atom is -0.291 e. The van der Waals surface area contributed by atoms with Crippen molar-refractivity contribution in [2.75, 3.05) is 0 Å². The Morgan fingerprint density at radius 3 is 2.42 bits per heavy atom. The number of carbonyl (C=O) groups is 1. The molecule has 0 aromatic rings. The van der Waals surface area contributed by atoms with Crippen LogP contribution in [0.5, 0.6) is 0 Å². The fourth-order valence-electron chi connectivity index (χ4n) is 0.252. The molecule has 0 aliphatic carbocycles. The summed E-state index contributed by atoms with van der Waals surface area (Å²) in [6.07, 6.45) is 1.12. The van der Waals surface area contributed by atoms with Gasteiger partial charge in [0.05, 0.1) is 0 Å². The Hall–Kier alpha value is -1.45. The summed E-state index contributed by atoms with van der Waals surface area (Å²) in [4.78, 5) is 31.8. The second-order valence-corrected chi connectivity index (χ2v) is 1.96. The van der Waals surface area contributed by atoms with Crippen LogP contribution in [0.1, 0.15) is 13.8 Å². The zero-order valence-corrected chi connectivity index (χ0v) is 6.79. The van der Waals surface area contributed by atoms with Gasteiger partial charge in [-0.15, -0.1) is 4.89 Å². The molecule has 0 spiro atoms. The van der Waals surface area contributed by atoms with Gasteiger partial charge in [-0.25, -0.2) is 9.59 Å². The van der Waals surface area contributed by atoms with E-state index in [0.29, 0.717) is 0 Å². The van der Waals surface area contributed by atoms with E-state index in [9.17, 15) is 9.59 Å².